The minimum absolute atomic E-state index is 0.00342. The summed E-state index contributed by atoms with van der Waals surface area (Å²) in [5.74, 6) is -11.5. The lowest BCUT2D eigenvalue weighted by molar-refractivity contribution is -0.102. The van der Waals surface area contributed by atoms with E-state index >= 15 is 0 Å². The van der Waals surface area contributed by atoms with Gasteiger partial charge in [-0.15, -0.1) is 0 Å². The summed E-state index contributed by atoms with van der Waals surface area (Å²) >= 11 is 0. The molecule has 0 amide bonds. The fourth-order valence-corrected chi connectivity index (χ4v) is 4.60. The summed E-state index contributed by atoms with van der Waals surface area (Å²) in [6.07, 6.45) is 8.41. The predicted molar refractivity (Wildman–Crippen MR) is 117 cm³/mol. The van der Waals surface area contributed by atoms with Crippen molar-refractivity contribution in [3.05, 3.63) is 29.1 Å². The highest BCUT2D eigenvalue weighted by molar-refractivity contribution is 5.29. The molecule has 0 aliphatic rings. The standard InChI is InChI=1S/C25H39F5O2/c1-6-7-8-9-10-11-13-18(25(31,16(2)3)17(4)5)14-12-15-32-24-22(29)20(27)19(26)21(28)23(24)30/h16-18,31H,6-15H2,1-5H3. The maximum Gasteiger partial charge on any atom is 0.206 e. The van der Waals surface area contributed by atoms with E-state index in [4.69, 9.17) is 4.74 Å². The van der Waals surface area contributed by atoms with Crippen molar-refractivity contribution in [3.63, 3.8) is 0 Å². The van der Waals surface area contributed by atoms with Gasteiger partial charge in [-0.1, -0.05) is 73.1 Å². The quantitative estimate of drug-likeness (QED) is 0.123. The fraction of sp³-hybridized carbons (Fsp3) is 0.760. The second-order valence-corrected chi connectivity index (χ2v) is 9.34. The molecule has 0 radical (unpaired) electrons. The van der Waals surface area contributed by atoms with E-state index in [0.717, 1.165) is 25.7 Å². The third-order valence-electron chi connectivity index (χ3n) is 6.52. The van der Waals surface area contributed by atoms with Crippen LogP contribution in [-0.2, 0) is 0 Å². The number of ether oxygens (including phenoxy) is 1. The molecule has 1 atom stereocenters. The van der Waals surface area contributed by atoms with Gasteiger partial charge in [0, 0.05) is 0 Å². The van der Waals surface area contributed by atoms with Gasteiger partial charge in [0.05, 0.1) is 12.2 Å². The average Bonchev–Trinajstić information content (AvgIpc) is 2.75. The lowest BCUT2D eigenvalue weighted by Crippen LogP contribution is -2.48. The SMILES string of the molecule is CCCCCCCCC(CCCOc1c(F)c(F)c(F)c(F)c1F)C(O)(C(C)C)C(C)C. The number of hydrogen-bond acceptors (Lipinski definition) is 2. The zero-order chi connectivity index (χ0) is 24.5. The highest BCUT2D eigenvalue weighted by Crippen LogP contribution is 2.39. The molecule has 0 saturated heterocycles. The lowest BCUT2D eigenvalue weighted by Gasteiger charge is -2.43. The van der Waals surface area contributed by atoms with Gasteiger partial charge in [-0.25, -0.2) is 13.2 Å². The molecule has 0 fully saturated rings. The van der Waals surface area contributed by atoms with Crippen molar-refractivity contribution in [2.75, 3.05) is 6.61 Å². The molecule has 0 aromatic heterocycles. The van der Waals surface area contributed by atoms with E-state index in [0.29, 0.717) is 12.8 Å². The van der Waals surface area contributed by atoms with Crippen LogP contribution in [0.4, 0.5) is 22.0 Å². The largest absolute Gasteiger partial charge is 0.487 e. The van der Waals surface area contributed by atoms with Gasteiger partial charge in [0.15, 0.2) is 5.75 Å². The Morgan fingerprint density at radius 2 is 1.12 bits per heavy atom. The zero-order valence-electron chi connectivity index (χ0n) is 20.0. The first-order valence-corrected chi connectivity index (χ1v) is 11.9. The Balaban J connectivity index is 2.80. The first-order chi connectivity index (χ1) is 15.0. The summed E-state index contributed by atoms with van der Waals surface area (Å²) in [4.78, 5) is 0. The maximum absolute atomic E-state index is 13.8. The Labute approximate surface area is 189 Å². The van der Waals surface area contributed by atoms with Crippen LogP contribution in [0.1, 0.15) is 92.4 Å². The molecular formula is C25H39F5O2. The number of benzene rings is 1. The van der Waals surface area contributed by atoms with E-state index in [1.165, 1.54) is 19.3 Å². The van der Waals surface area contributed by atoms with Crippen LogP contribution in [0.15, 0.2) is 0 Å². The van der Waals surface area contributed by atoms with Crippen LogP contribution in [0.3, 0.4) is 0 Å². The first-order valence-electron chi connectivity index (χ1n) is 11.9. The molecule has 0 spiro atoms. The van der Waals surface area contributed by atoms with Crippen molar-refractivity contribution < 1.29 is 31.8 Å². The smallest absolute Gasteiger partial charge is 0.206 e. The first kappa shape index (κ1) is 28.7. The van der Waals surface area contributed by atoms with E-state index < -0.39 is 40.4 Å². The van der Waals surface area contributed by atoms with Crippen LogP contribution in [0, 0.1) is 46.8 Å². The Morgan fingerprint density at radius 3 is 1.62 bits per heavy atom. The van der Waals surface area contributed by atoms with E-state index in [1.807, 2.05) is 27.7 Å². The van der Waals surface area contributed by atoms with Crippen LogP contribution >= 0.6 is 0 Å². The third-order valence-corrected chi connectivity index (χ3v) is 6.52. The highest BCUT2D eigenvalue weighted by atomic mass is 19.2. The third kappa shape index (κ3) is 7.06. The summed E-state index contributed by atoms with van der Waals surface area (Å²) in [7, 11) is 0. The molecule has 1 unspecified atom stereocenters. The van der Waals surface area contributed by atoms with Crippen molar-refractivity contribution in [1.82, 2.24) is 0 Å². The highest BCUT2D eigenvalue weighted by Gasteiger charge is 2.41. The van der Waals surface area contributed by atoms with Crippen molar-refractivity contribution in [2.24, 2.45) is 17.8 Å². The van der Waals surface area contributed by atoms with Gasteiger partial charge >= 0.3 is 0 Å². The second kappa shape index (κ2) is 13.4. The number of halogens is 5. The Hall–Kier alpha value is -1.37. The van der Waals surface area contributed by atoms with Gasteiger partial charge in [-0.3, -0.25) is 0 Å². The summed E-state index contributed by atoms with van der Waals surface area (Å²) < 4.78 is 72.4. The van der Waals surface area contributed by atoms with E-state index in [9.17, 15) is 27.1 Å². The molecule has 0 aliphatic carbocycles. The summed E-state index contributed by atoms with van der Waals surface area (Å²) in [6.45, 7) is 9.84. The number of hydrogen-bond donors (Lipinski definition) is 1. The lowest BCUT2D eigenvalue weighted by atomic mass is 9.68. The predicted octanol–water partition coefficient (Wildman–Crippen LogP) is 7.95. The van der Waals surface area contributed by atoms with Gasteiger partial charge in [0.2, 0.25) is 29.1 Å². The molecule has 1 aromatic rings. The van der Waals surface area contributed by atoms with Gasteiger partial charge in [-0.05, 0) is 37.0 Å². The van der Waals surface area contributed by atoms with Gasteiger partial charge in [-0.2, -0.15) is 8.78 Å². The number of unbranched alkanes of at least 4 members (excludes halogenated alkanes) is 5. The molecule has 186 valence electrons. The van der Waals surface area contributed by atoms with Crippen molar-refractivity contribution in [1.29, 1.82) is 0 Å². The minimum atomic E-state index is -2.20. The van der Waals surface area contributed by atoms with Crippen LogP contribution in [0.2, 0.25) is 0 Å². The van der Waals surface area contributed by atoms with Crippen LogP contribution in [0.25, 0.3) is 0 Å². The van der Waals surface area contributed by atoms with E-state index in [-0.39, 0.29) is 24.4 Å². The Bertz CT molecular complexity index is 669. The Morgan fingerprint density at radius 1 is 0.688 bits per heavy atom. The average molecular weight is 467 g/mol. The van der Waals surface area contributed by atoms with Crippen molar-refractivity contribution in [2.45, 2.75) is 98.0 Å². The molecule has 7 heteroatoms. The topological polar surface area (TPSA) is 29.5 Å². The maximum atomic E-state index is 13.8. The summed E-state index contributed by atoms with van der Waals surface area (Å²) in [6, 6.07) is 0. The molecule has 0 bridgehead atoms. The van der Waals surface area contributed by atoms with Crippen LogP contribution in [-0.4, -0.2) is 17.3 Å². The van der Waals surface area contributed by atoms with Crippen LogP contribution < -0.4 is 4.74 Å². The van der Waals surface area contributed by atoms with Crippen molar-refractivity contribution >= 4 is 0 Å². The Kier molecular flexibility index (Phi) is 12.0. The van der Waals surface area contributed by atoms with Gasteiger partial charge in [0.1, 0.15) is 0 Å². The molecule has 0 saturated carbocycles. The van der Waals surface area contributed by atoms with E-state index in [1.54, 1.807) is 0 Å². The molecule has 1 aromatic carbocycles. The molecule has 0 aliphatic heterocycles. The monoisotopic (exact) mass is 466 g/mol. The fourth-order valence-electron chi connectivity index (χ4n) is 4.60. The van der Waals surface area contributed by atoms with Gasteiger partial charge in [0.25, 0.3) is 0 Å². The molecule has 2 nitrogen and oxygen atoms in total. The molecule has 32 heavy (non-hydrogen) atoms. The number of rotatable bonds is 15. The molecule has 1 rings (SSSR count). The van der Waals surface area contributed by atoms with E-state index in [2.05, 4.69) is 6.92 Å². The zero-order valence-corrected chi connectivity index (χ0v) is 20.0. The molecule has 0 heterocycles. The summed E-state index contributed by atoms with van der Waals surface area (Å²) in [5.41, 5.74) is -0.923. The normalized spacial score (nSPS) is 13.3. The van der Waals surface area contributed by atoms with Crippen LogP contribution in [0.5, 0.6) is 5.75 Å². The molecule has 1 N–H and O–H groups in total. The summed E-state index contributed by atoms with van der Waals surface area (Å²) in [5, 5.41) is 11.5. The minimum Gasteiger partial charge on any atom is -0.487 e. The molecular weight excluding hydrogens is 427 g/mol. The van der Waals surface area contributed by atoms with Gasteiger partial charge < -0.3 is 9.84 Å². The second-order valence-electron chi connectivity index (χ2n) is 9.34. The van der Waals surface area contributed by atoms with Crippen molar-refractivity contribution in [3.8, 4) is 5.75 Å². The number of aliphatic hydroxyl groups is 1.